The van der Waals surface area contributed by atoms with Crippen molar-refractivity contribution < 1.29 is 13.9 Å². The first-order chi connectivity index (χ1) is 10.1. The summed E-state index contributed by atoms with van der Waals surface area (Å²) in [5, 5.41) is 0. The van der Waals surface area contributed by atoms with E-state index in [1.807, 2.05) is 19.1 Å². The van der Waals surface area contributed by atoms with Crippen LogP contribution < -0.4 is 0 Å². The van der Waals surface area contributed by atoms with E-state index in [9.17, 15) is 9.18 Å². The van der Waals surface area contributed by atoms with Crippen LogP contribution in [0.15, 0.2) is 24.3 Å². The fourth-order valence-corrected chi connectivity index (χ4v) is 2.65. The number of amides is 1. The first-order valence-corrected chi connectivity index (χ1v) is 7.50. The number of benzene rings is 1. The minimum absolute atomic E-state index is 0.200. The molecule has 0 saturated carbocycles. The lowest BCUT2D eigenvalue weighted by molar-refractivity contribution is 0.0687. The molecule has 1 atom stereocenters. The molecule has 5 heteroatoms. The molecule has 1 aromatic rings. The van der Waals surface area contributed by atoms with Gasteiger partial charge in [0.1, 0.15) is 5.82 Å². The molecular formula is C16H23FN2O2. The van der Waals surface area contributed by atoms with Crippen LogP contribution in [0.3, 0.4) is 0 Å². The van der Waals surface area contributed by atoms with Crippen molar-refractivity contribution in [3.8, 4) is 0 Å². The predicted molar refractivity (Wildman–Crippen MR) is 79.7 cm³/mol. The molecule has 0 aliphatic carbocycles. The van der Waals surface area contributed by atoms with Crippen molar-refractivity contribution in [2.24, 2.45) is 0 Å². The summed E-state index contributed by atoms with van der Waals surface area (Å²) in [7, 11) is 0. The predicted octanol–water partition coefficient (Wildman–Crippen LogP) is 2.53. The van der Waals surface area contributed by atoms with E-state index in [-0.39, 0.29) is 11.9 Å². The summed E-state index contributed by atoms with van der Waals surface area (Å²) in [4.78, 5) is 15.8. The van der Waals surface area contributed by atoms with Gasteiger partial charge in [-0.2, -0.15) is 0 Å². The molecule has 116 valence electrons. The van der Waals surface area contributed by atoms with Crippen molar-refractivity contribution in [2.45, 2.75) is 26.3 Å². The summed E-state index contributed by atoms with van der Waals surface area (Å²) >= 11 is 0. The Bertz CT molecular complexity index is 456. The van der Waals surface area contributed by atoms with Gasteiger partial charge in [0, 0.05) is 32.2 Å². The SMILES string of the molecule is CCOC(=O)N1CCN(C(C)Cc2ccc(F)cc2)CC1. The number of ether oxygens (including phenoxy) is 1. The minimum atomic E-state index is -0.219. The summed E-state index contributed by atoms with van der Waals surface area (Å²) in [6, 6.07) is 7.04. The molecule has 1 aliphatic rings. The average Bonchev–Trinajstić information content (AvgIpc) is 2.50. The Morgan fingerprint density at radius 2 is 1.86 bits per heavy atom. The summed E-state index contributed by atoms with van der Waals surface area (Å²) in [6.07, 6.45) is 0.669. The van der Waals surface area contributed by atoms with Crippen LogP contribution in [0.4, 0.5) is 9.18 Å². The van der Waals surface area contributed by atoms with E-state index in [2.05, 4.69) is 11.8 Å². The van der Waals surface area contributed by atoms with Crippen molar-refractivity contribution in [3.63, 3.8) is 0 Å². The molecule has 0 bridgehead atoms. The summed E-state index contributed by atoms with van der Waals surface area (Å²) in [5.41, 5.74) is 1.14. The lowest BCUT2D eigenvalue weighted by atomic mass is 10.1. The molecule has 0 spiro atoms. The number of nitrogens with zero attached hydrogens (tertiary/aromatic N) is 2. The topological polar surface area (TPSA) is 32.8 Å². The van der Waals surface area contributed by atoms with Crippen molar-refractivity contribution in [1.29, 1.82) is 0 Å². The van der Waals surface area contributed by atoms with Gasteiger partial charge in [0.05, 0.1) is 6.61 Å². The third-order valence-corrected chi connectivity index (χ3v) is 3.91. The molecule has 1 amide bonds. The molecule has 21 heavy (non-hydrogen) atoms. The molecule has 2 rings (SSSR count). The van der Waals surface area contributed by atoms with Gasteiger partial charge in [-0.3, -0.25) is 4.90 Å². The van der Waals surface area contributed by atoms with E-state index >= 15 is 0 Å². The van der Waals surface area contributed by atoms with Crippen LogP contribution in [-0.4, -0.2) is 54.7 Å². The van der Waals surface area contributed by atoms with Crippen LogP contribution in [-0.2, 0) is 11.2 Å². The van der Waals surface area contributed by atoms with Gasteiger partial charge in [0.2, 0.25) is 0 Å². The molecule has 1 aromatic carbocycles. The van der Waals surface area contributed by atoms with E-state index in [1.54, 1.807) is 4.90 Å². The van der Waals surface area contributed by atoms with E-state index in [0.717, 1.165) is 25.1 Å². The molecule has 1 aliphatic heterocycles. The molecule has 1 saturated heterocycles. The van der Waals surface area contributed by atoms with Crippen molar-refractivity contribution in [2.75, 3.05) is 32.8 Å². The Morgan fingerprint density at radius 3 is 2.43 bits per heavy atom. The number of halogens is 1. The van der Waals surface area contributed by atoms with Gasteiger partial charge in [0.25, 0.3) is 0 Å². The normalized spacial score (nSPS) is 17.6. The third-order valence-electron chi connectivity index (χ3n) is 3.91. The maximum Gasteiger partial charge on any atom is 0.409 e. The van der Waals surface area contributed by atoms with Gasteiger partial charge in [0.15, 0.2) is 0 Å². The Morgan fingerprint density at radius 1 is 1.24 bits per heavy atom. The number of carbonyl (C=O) groups excluding carboxylic acids is 1. The second-order valence-electron chi connectivity index (χ2n) is 5.40. The zero-order chi connectivity index (χ0) is 15.2. The molecular weight excluding hydrogens is 271 g/mol. The zero-order valence-corrected chi connectivity index (χ0v) is 12.7. The Kier molecular flexibility index (Phi) is 5.56. The van der Waals surface area contributed by atoms with Gasteiger partial charge in [-0.25, -0.2) is 9.18 Å². The summed E-state index contributed by atoms with van der Waals surface area (Å²) in [6.45, 7) is 7.50. The standard InChI is InChI=1S/C16H23FN2O2/c1-3-21-16(20)19-10-8-18(9-11-19)13(2)12-14-4-6-15(17)7-5-14/h4-7,13H,3,8-12H2,1-2H3. The number of carbonyl (C=O) groups is 1. The minimum Gasteiger partial charge on any atom is -0.450 e. The second kappa shape index (κ2) is 7.41. The number of rotatable bonds is 4. The molecule has 1 heterocycles. The van der Waals surface area contributed by atoms with Crippen molar-refractivity contribution in [1.82, 2.24) is 9.80 Å². The second-order valence-corrected chi connectivity index (χ2v) is 5.40. The van der Waals surface area contributed by atoms with Gasteiger partial charge < -0.3 is 9.64 Å². The van der Waals surface area contributed by atoms with Crippen molar-refractivity contribution >= 4 is 6.09 Å². The fourth-order valence-electron chi connectivity index (χ4n) is 2.65. The highest BCUT2D eigenvalue weighted by atomic mass is 19.1. The number of hydrogen-bond acceptors (Lipinski definition) is 3. The smallest absolute Gasteiger partial charge is 0.409 e. The van der Waals surface area contributed by atoms with Crippen LogP contribution >= 0.6 is 0 Å². The summed E-state index contributed by atoms with van der Waals surface area (Å²) < 4.78 is 17.9. The van der Waals surface area contributed by atoms with Gasteiger partial charge in [-0.15, -0.1) is 0 Å². The van der Waals surface area contributed by atoms with Gasteiger partial charge >= 0.3 is 6.09 Å². The molecule has 0 radical (unpaired) electrons. The van der Waals surface area contributed by atoms with Crippen LogP contribution in [0.2, 0.25) is 0 Å². The first kappa shape index (κ1) is 15.8. The Labute approximate surface area is 125 Å². The third kappa shape index (κ3) is 4.43. The average molecular weight is 294 g/mol. The lowest BCUT2D eigenvalue weighted by Gasteiger charge is -2.37. The van der Waals surface area contributed by atoms with Crippen LogP contribution in [0.5, 0.6) is 0 Å². The zero-order valence-electron chi connectivity index (χ0n) is 12.7. The largest absolute Gasteiger partial charge is 0.450 e. The van der Waals surface area contributed by atoms with Crippen LogP contribution in [0, 0.1) is 5.82 Å². The van der Waals surface area contributed by atoms with E-state index < -0.39 is 0 Å². The van der Waals surface area contributed by atoms with E-state index in [4.69, 9.17) is 4.74 Å². The molecule has 0 N–H and O–H groups in total. The maximum atomic E-state index is 12.9. The van der Waals surface area contributed by atoms with Crippen molar-refractivity contribution in [3.05, 3.63) is 35.6 Å². The van der Waals surface area contributed by atoms with Gasteiger partial charge in [-0.1, -0.05) is 12.1 Å². The lowest BCUT2D eigenvalue weighted by Crippen LogP contribution is -2.51. The van der Waals surface area contributed by atoms with Crippen LogP contribution in [0.25, 0.3) is 0 Å². The molecule has 1 unspecified atom stereocenters. The maximum absolute atomic E-state index is 12.9. The quantitative estimate of drug-likeness (QED) is 0.855. The highest BCUT2D eigenvalue weighted by Crippen LogP contribution is 2.13. The van der Waals surface area contributed by atoms with E-state index in [1.165, 1.54) is 12.1 Å². The van der Waals surface area contributed by atoms with Gasteiger partial charge in [-0.05, 0) is 38.0 Å². The first-order valence-electron chi connectivity index (χ1n) is 7.50. The number of piperazine rings is 1. The van der Waals surface area contributed by atoms with E-state index in [0.29, 0.717) is 25.7 Å². The fraction of sp³-hybridized carbons (Fsp3) is 0.562. The molecule has 1 fully saturated rings. The monoisotopic (exact) mass is 294 g/mol. The van der Waals surface area contributed by atoms with Crippen LogP contribution in [0.1, 0.15) is 19.4 Å². The molecule has 4 nitrogen and oxygen atoms in total. The number of hydrogen-bond donors (Lipinski definition) is 0. The summed E-state index contributed by atoms with van der Waals surface area (Å²) in [5.74, 6) is -0.200. The Hall–Kier alpha value is -1.62. The Balaban J connectivity index is 1.81. The highest BCUT2D eigenvalue weighted by Gasteiger charge is 2.24. The molecule has 0 aromatic heterocycles. The highest BCUT2D eigenvalue weighted by molar-refractivity contribution is 5.67.